The van der Waals surface area contributed by atoms with Gasteiger partial charge in [0.15, 0.2) is 0 Å². The molecule has 2 atom stereocenters. The van der Waals surface area contributed by atoms with Gasteiger partial charge in [-0.3, -0.25) is 9.11 Å². The Labute approximate surface area is 173 Å². The van der Waals surface area contributed by atoms with Gasteiger partial charge in [-0.2, -0.15) is 8.42 Å². The molecule has 0 aliphatic heterocycles. The molecule has 0 radical (unpaired) electrons. The Kier molecular flexibility index (Phi) is 12.9. The van der Waals surface area contributed by atoms with E-state index in [1.165, 1.54) is 11.1 Å². The van der Waals surface area contributed by atoms with E-state index >= 15 is 0 Å². The van der Waals surface area contributed by atoms with Crippen LogP contribution in [0.3, 0.4) is 0 Å². The van der Waals surface area contributed by atoms with Crippen molar-refractivity contribution >= 4 is 10.4 Å². The molecule has 6 N–H and O–H groups in total. The summed E-state index contributed by atoms with van der Waals surface area (Å²) in [6.45, 7) is 4.26. The Morgan fingerprint density at radius 1 is 0.724 bits per heavy atom. The summed E-state index contributed by atoms with van der Waals surface area (Å²) >= 11 is 0. The minimum atomic E-state index is -4.67. The van der Waals surface area contributed by atoms with Gasteiger partial charge in [0.25, 0.3) is 0 Å². The van der Waals surface area contributed by atoms with Crippen molar-refractivity contribution in [1.29, 1.82) is 0 Å². The Hall–Kier alpha value is -2.17. The van der Waals surface area contributed by atoms with E-state index in [2.05, 4.69) is 24.5 Å². The lowest BCUT2D eigenvalue weighted by atomic mass is 10.1. The summed E-state index contributed by atoms with van der Waals surface area (Å²) in [5.41, 5.74) is 2.49. The summed E-state index contributed by atoms with van der Waals surface area (Å²) in [5.74, 6) is 0.659. The molecule has 2 aromatic rings. The summed E-state index contributed by atoms with van der Waals surface area (Å²) in [6.07, 6.45) is 1.99. The maximum absolute atomic E-state index is 9.03. The van der Waals surface area contributed by atoms with E-state index in [0.29, 0.717) is 23.6 Å². The second kappa shape index (κ2) is 13.9. The molecule has 0 spiro atoms. The molecule has 8 nitrogen and oxygen atoms in total. The van der Waals surface area contributed by atoms with Crippen molar-refractivity contribution in [2.24, 2.45) is 0 Å². The van der Waals surface area contributed by atoms with Gasteiger partial charge in [0.05, 0.1) is 0 Å². The van der Waals surface area contributed by atoms with Gasteiger partial charge in [-0.15, -0.1) is 0 Å². The highest BCUT2D eigenvalue weighted by Gasteiger charge is 2.00. The fraction of sp³-hybridized carbons (Fsp3) is 0.400. The summed E-state index contributed by atoms with van der Waals surface area (Å²) in [4.78, 5) is 0. The molecule has 0 aromatic heterocycles. The molecule has 29 heavy (non-hydrogen) atoms. The molecule has 0 amide bonds. The van der Waals surface area contributed by atoms with Crippen LogP contribution in [0.15, 0.2) is 48.5 Å². The molecule has 164 valence electrons. The number of rotatable bonds is 6. The second-order valence-corrected chi connectivity index (χ2v) is 7.46. The average Bonchev–Trinajstić information content (AvgIpc) is 2.64. The maximum atomic E-state index is 9.03. The lowest BCUT2D eigenvalue weighted by Crippen LogP contribution is -2.23. The minimum absolute atomic E-state index is 0.330. The number of hydrogen-bond acceptors (Lipinski definition) is 6. The van der Waals surface area contributed by atoms with Crippen LogP contribution in [0, 0.1) is 0 Å². The van der Waals surface area contributed by atoms with Gasteiger partial charge in [-0.05, 0) is 76.2 Å². The monoisotopic (exact) mass is 428 g/mol. The standard InChI is InChI=1S/2C10H15NO.H2O4S/c2*1-8(11-2)7-9-3-5-10(12)6-4-9;1-5(2,3)4/h2*3-6,8,11-12H,7H2,1-2H3;(H2,1,2,3,4). The van der Waals surface area contributed by atoms with Crippen molar-refractivity contribution in [2.75, 3.05) is 14.1 Å². The van der Waals surface area contributed by atoms with Crippen molar-refractivity contribution < 1.29 is 27.7 Å². The lowest BCUT2D eigenvalue weighted by molar-refractivity contribution is 0.381. The van der Waals surface area contributed by atoms with Crippen LogP contribution in [0.25, 0.3) is 0 Å². The molecule has 0 aliphatic carbocycles. The Bertz CT molecular complexity index is 718. The van der Waals surface area contributed by atoms with E-state index in [-0.39, 0.29) is 0 Å². The van der Waals surface area contributed by atoms with Crippen LogP contribution in [0.5, 0.6) is 11.5 Å². The van der Waals surface area contributed by atoms with Crippen molar-refractivity contribution in [2.45, 2.75) is 38.8 Å². The van der Waals surface area contributed by atoms with Gasteiger partial charge in [0.2, 0.25) is 0 Å². The van der Waals surface area contributed by atoms with Crippen LogP contribution in [-0.2, 0) is 23.2 Å². The molecule has 2 rings (SSSR count). The third-order valence-corrected chi connectivity index (χ3v) is 3.94. The van der Waals surface area contributed by atoms with Crippen LogP contribution in [0.2, 0.25) is 0 Å². The number of phenolic OH excluding ortho intramolecular Hbond substituents is 2. The fourth-order valence-corrected chi connectivity index (χ4v) is 2.18. The zero-order valence-corrected chi connectivity index (χ0v) is 18.0. The van der Waals surface area contributed by atoms with Crippen LogP contribution in [-0.4, -0.2) is 53.9 Å². The van der Waals surface area contributed by atoms with Crippen molar-refractivity contribution in [3.63, 3.8) is 0 Å². The molecule has 0 saturated carbocycles. The first kappa shape index (κ1) is 26.8. The van der Waals surface area contributed by atoms with Crippen LogP contribution >= 0.6 is 0 Å². The van der Waals surface area contributed by atoms with E-state index < -0.39 is 10.4 Å². The molecule has 0 fully saturated rings. The smallest absolute Gasteiger partial charge is 0.394 e. The first-order valence-electron chi connectivity index (χ1n) is 9.04. The SMILES string of the molecule is CNC(C)Cc1ccc(O)cc1.CNC(C)Cc1ccc(O)cc1.O=S(=O)(O)O. The number of hydrogen-bond donors (Lipinski definition) is 6. The third-order valence-electron chi connectivity index (χ3n) is 3.94. The van der Waals surface area contributed by atoms with Crippen molar-refractivity contribution in [3.05, 3.63) is 59.7 Å². The zero-order valence-electron chi connectivity index (χ0n) is 17.2. The van der Waals surface area contributed by atoms with Gasteiger partial charge < -0.3 is 20.8 Å². The highest BCUT2D eigenvalue weighted by Crippen LogP contribution is 2.11. The number of likely N-dealkylation sites (N-methyl/N-ethyl adjacent to an activating group) is 2. The first-order valence-corrected chi connectivity index (χ1v) is 10.4. The van der Waals surface area contributed by atoms with Gasteiger partial charge in [-0.1, -0.05) is 24.3 Å². The molecular weight excluding hydrogens is 396 g/mol. The first-order chi connectivity index (χ1) is 13.4. The number of benzene rings is 2. The van der Waals surface area contributed by atoms with Gasteiger partial charge in [0.1, 0.15) is 11.5 Å². The maximum Gasteiger partial charge on any atom is 0.394 e. The van der Waals surface area contributed by atoms with Gasteiger partial charge >= 0.3 is 10.4 Å². The highest BCUT2D eigenvalue weighted by molar-refractivity contribution is 7.79. The molecule has 2 unspecified atom stereocenters. The second-order valence-electron chi connectivity index (χ2n) is 6.57. The molecule has 2 aromatic carbocycles. The molecule has 0 saturated heterocycles. The molecule has 0 aliphatic rings. The van der Waals surface area contributed by atoms with Crippen molar-refractivity contribution in [1.82, 2.24) is 10.6 Å². The van der Waals surface area contributed by atoms with Crippen LogP contribution in [0.4, 0.5) is 0 Å². The Morgan fingerprint density at radius 2 is 0.966 bits per heavy atom. The highest BCUT2D eigenvalue weighted by atomic mass is 32.3. The summed E-state index contributed by atoms with van der Waals surface area (Å²) in [7, 11) is -0.768. The van der Waals surface area contributed by atoms with Crippen LogP contribution in [0.1, 0.15) is 25.0 Å². The van der Waals surface area contributed by atoms with E-state index in [1.54, 1.807) is 24.3 Å². The average molecular weight is 429 g/mol. The Morgan fingerprint density at radius 3 is 1.17 bits per heavy atom. The normalized spacial score (nSPS) is 12.6. The Balaban J connectivity index is 0.000000442. The molecule has 0 heterocycles. The summed E-state index contributed by atoms with van der Waals surface area (Å²) in [6, 6.07) is 15.6. The minimum Gasteiger partial charge on any atom is -0.508 e. The fourth-order valence-electron chi connectivity index (χ4n) is 2.18. The topological polar surface area (TPSA) is 139 Å². The largest absolute Gasteiger partial charge is 0.508 e. The van der Waals surface area contributed by atoms with E-state index in [1.807, 2.05) is 38.4 Å². The van der Waals surface area contributed by atoms with Gasteiger partial charge in [0, 0.05) is 12.1 Å². The van der Waals surface area contributed by atoms with E-state index in [4.69, 9.17) is 27.7 Å². The molecule has 0 bridgehead atoms. The summed E-state index contributed by atoms with van der Waals surface area (Å²) < 4.78 is 31.6. The molecular formula is C20H32N2O6S. The molecule has 9 heteroatoms. The predicted octanol–water partition coefficient (Wildman–Crippen LogP) is 2.43. The predicted molar refractivity (Wildman–Crippen MR) is 115 cm³/mol. The number of nitrogens with one attached hydrogen (secondary N) is 2. The number of phenols is 2. The lowest BCUT2D eigenvalue weighted by Gasteiger charge is -2.09. The third kappa shape index (κ3) is 16.5. The van der Waals surface area contributed by atoms with E-state index in [0.717, 1.165) is 12.8 Å². The quantitative estimate of drug-likeness (QED) is 0.386. The van der Waals surface area contributed by atoms with Gasteiger partial charge in [-0.25, -0.2) is 0 Å². The van der Waals surface area contributed by atoms with Crippen molar-refractivity contribution in [3.8, 4) is 11.5 Å². The zero-order chi connectivity index (χ0) is 22.4. The van der Waals surface area contributed by atoms with Crippen LogP contribution < -0.4 is 10.6 Å². The number of aromatic hydroxyl groups is 2. The van der Waals surface area contributed by atoms with E-state index in [9.17, 15) is 0 Å². The summed E-state index contributed by atoms with van der Waals surface area (Å²) in [5, 5.41) is 24.4.